The number of carbonyl (C=O) groups is 1. The molecular weight excluding hydrogens is 534 g/mol. The Bertz CT molecular complexity index is 1760. The number of hydrogen-bond donors (Lipinski definition) is 1. The van der Waals surface area contributed by atoms with Crippen LogP contribution in [0.5, 0.6) is 0 Å². The zero-order valence-corrected chi connectivity index (χ0v) is 25.4. The van der Waals surface area contributed by atoms with Crippen LogP contribution in [0, 0.1) is 6.92 Å². The Balaban J connectivity index is 1.50. The summed E-state index contributed by atoms with van der Waals surface area (Å²) in [5.74, 6) is 0.604. The fourth-order valence-corrected chi connectivity index (χ4v) is 5.76. The molecule has 6 rings (SSSR count). The summed E-state index contributed by atoms with van der Waals surface area (Å²) in [6.45, 7) is 12.6. The Hall–Kier alpha value is -4.46. The van der Waals surface area contributed by atoms with Gasteiger partial charge in [0.2, 0.25) is 0 Å². The first-order chi connectivity index (χ1) is 20.7. The van der Waals surface area contributed by atoms with Crippen molar-refractivity contribution in [2.45, 2.75) is 39.7 Å². The molecule has 0 unspecified atom stereocenters. The van der Waals surface area contributed by atoms with Gasteiger partial charge in [0.25, 0.3) is 0 Å². The first-order valence-corrected chi connectivity index (χ1v) is 14.9. The molecule has 5 aromatic rings. The van der Waals surface area contributed by atoms with Crippen LogP contribution in [0.3, 0.4) is 0 Å². The molecule has 2 N–H and O–H groups in total. The number of nitrogens with zero attached hydrogens (tertiary/aromatic N) is 4. The van der Waals surface area contributed by atoms with Crippen molar-refractivity contribution in [2.24, 2.45) is 5.73 Å². The van der Waals surface area contributed by atoms with Crippen LogP contribution < -0.4 is 10.6 Å². The number of amides is 2. The predicted molar refractivity (Wildman–Crippen MR) is 174 cm³/mol. The van der Waals surface area contributed by atoms with E-state index in [1.807, 2.05) is 53.2 Å². The van der Waals surface area contributed by atoms with Crippen molar-refractivity contribution in [3.8, 4) is 16.8 Å². The number of aromatic nitrogens is 2. The number of rotatable bonds is 6. The minimum absolute atomic E-state index is 0.232. The monoisotopic (exact) mass is 573 g/mol. The molecule has 43 heavy (non-hydrogen) atoms. The summed E-state index contributed by atoms with van der Waals surface area (Å²) < 4.78 is 7.40. The summed E-state index contributed by atoms with van der Waals surface area (Å²) in [4.78, 5) is 17.4. The summed E-state index contributed by atoms with van der Waals surface area (Å²) in [6.07, 6.45) is 0. The maximum atomic E-state index is 13.4. The van der Waals surface area contributed by atoms with E-state index in [9.17, 15) is 4.79 Å². The van der Waals surface area contributed by atoms with E-state index in [1.165, 1.54) is 11.1 Å². The molecular formula is C36H39N5O2. The smallest absolute Gasteiger partial charge is 0.325 e. The zero-order chi connectivity index (χ0) is 30.1. The first kappa shape index (κ1) is 28.6. The molecule has 4 aromatic carbocycles. The standard InChI is InChI=1S/C36H39N5O2/c1-25-13-15-27(16-14-25)41-34(23-33(38-41)36(2,3)4)40(35(37)42)32-18-17-30(29-11-7-8-12-31(29)32)28-10-6-5-9-26(28)24-39-19-21-43-22-20-39/h5-18,23H,19-22,24H2,1-4H3,(H2,37,42). The second kappa shape index (κ2) is 11.7. The third-order valence-corrected chi connectivity index (χ3v) is 8.13. The van der Waals surface area contributed by atoms with E-state index in [4.69, 9.17) is 15.6 Å². The van der Waals surface area contributed by atoms with Crippen LogP contribution in [0.1, 0.15) is 37.6 Å². The van der Waals surface area contributed by atoms with Crippen molar-refractivity contribution in [2.75, 3.05) is 31.2 Å². The minimum Gasteiger partial charge on any atom is -0.379 e. The number of carbonyl (C=O) groups excluding carboxylic acids is 1. The summed E-state index contributed by atoms with van der Waals surface area (Å²) in [7, 11) is 0. The van der Waals surface area contributed by atoms with Crippen LogP contribution in [0.25, 0.3) is 27.6 Å². The lowest BCUT2D eigenvalue weighted by Gasteiger charge is -2.28. The maximum Gasteiger partial charge on any atom is 0.325 e. The molecule has 0 aliphatic carbocycles. The summed E-state index contributed by atoms with van der Waals surface area (Å²) in [6, 6.07) is 30.5. The molecule has 7 heteroatoms. The van der Waals surface area contributed by atoms with Gasteiger partial charge in [-0.3, -0.25) is 4.90 Å². The molecule has 1 saturated heterocycles. The van der Waals surface area contributed by atoms with Gasteiger partial charge in [0.05, 0.1) is 30.3 Å². The number of nitrogens with two attached hydrogens (primary N) is 1. The summed E-state index contributed by atoms with van der Waals surface area (Å²) >= 11 is 0. The third kappa shape index (κ3) is 5.78. The quantitative estimate of drug-likeness (QED) is 0.230. The lowest BCUT2D eigenvalue weighted by molar-refractivity contribution is 0.0342. The fraction of sp³-hybridized carbons (Fsp3) is 0.278. The molecule has 1 aliphatic rings. The SMILES string of the molecule is Cc1ccc(-n2nc(C(C)(C)C)cc2N(C(N)=O)c2ccc(-c3ccccc3CN3CCOCC3)c3ccccc23)cc1. The Kier molecular flexibility index (Phi) is 7.77. The highest BCUT2D eigenvalue weighted by molar-refractivity contribution is 6.11. The van der Waals surface area contributed by atoms with E-state index in [2.05, 4.69) is 75.1 Å². The van der Waals surface area contributed by atoms with Gasteiger partial charge in [-0.1, -0.05) is 93.1 Å². The van der Waals surface area contributed by atoms with Crippen LogP contribution in [0.4, 0.5) is 16.3 Å². The van der Waals surface area contributed by atoms with Crippen molar-refractivity contribution in [1.82, 2.24) is 14.7 Å². The number of benzene rings is 4. The Morgan fingerprint density at radius 2 is 1.56 bits per heavy atom. The summed E-state index contributed by atoms with van der Waals surface area (Å²) in [5.41, 5.74) is 13.1. The lowest BCUT2D eigenvalue weighted by atomic mass is 9.92. The van der Waals surface area contributed by atoms with Crippen molar-refractivity contribution in [1.29, 1.82) is 0 Å². The molecule has 1 aliphatic heterocycles. The van der Waals surface area contributed by atoms with E-state index in [0.717, 1.165) is 66.1 Å². The first-order valence-electron chi connectivity index (χ1n) is 14.9. The molecule has 0 atom stereocenters. The normalized spacial score (nSPS) is 14.2. The Labute approximate surface area is 253 Å². The number of ether oxygens (including phenoxy) is 1. The van der Waals surface area contributed by atoms with Crippen LogP contribution in [0.15, 0.2) is 91.0 Å². The fourth-order valence-electron chi connectivity index (χ4n) is 5.76. The molecule has 1 aromatic heterocycles. The Morgan fingerprint density at radius 1 is 0.884 bits per heavy atom. The molecule has 1 fully saturated rings. The van der Waals surface area contributed by atoms with Gasteiger partial charge >= 0.3 is 6.03 Å². The van der Waals surface area contributed by atoms with Gasteiger partial charge in [0.15, 0.2) is 0 Å². The highest BCUT2D eigenvalue weighted by Crippen LogP contribution is 2.40. The van der Waals surface area contributed by atoms with Crippen molar-refractivity contribution in [3.05, 3.63) is 108 Å². The van der Waals surface area contributed by atoms with Gasteiger partial charge in [-0.15, -0.1) is 0 Å². The summed E-state index contributed by atoms with van der Waals surface area (Å²) in [5, 5.41) is 6.97. The molecule has 2 heterocycles. The molecule has 2 amide bonds. The van der Waals surface area contributed by atoms with Crippen molar-refractivity contribution < 1.29 is 9.53 Å². The average molecular weight is 574 g/mol. The highest BCUT2D eigenvalue weighted by atomic mass is 16.5. The molecule has 220 valence electrons. The van der Waals surface area contributed by atoms with Crippen molar-refractivity contribution in [3.63, 3.8) is 0 Å². The van der Waals surface area contributed by atoms with E-state index in [1.54, 1.807) is 4.90 Å². The van der Waals surface area contributed by atoms with Gasteiger partial charge in [-0.05, 0) is 47.2 Å². The predicted octanol–water partition coefficient (Wildman–Crippen LogP) is 7.35. The van der Waals surface area contributed by atoms with Crippen LogP contribution >= 0.6 is 0 Å². The van der Waals surface area contributed by atoms with Gasteiger partial charge < -0.3 is 10.5 Å². The van der Waals surface area contributed by atoms with Gasteiger partial charge in [0.1, 0.15) is 5.82 Å². The molecule has 7 nitrogen and oxygen atoms in total. The number of primary amides is 1. The molecule has 0 spiro atoms. The minimum atomic E-state index is -0.570. The lowest BCUT2D eigenvalue weighted by Crippen LogP contribution is -2.35. The number of fused-ring (bicyclic) bond motifs is 1. The number of morpholine rings is 1. The number of hydrogen-bond acceptors (Lipinski definition) is 4. The topological polar surface area (TPSA) is 76.6 Å². The van der Waals surface area contributed by atoms with Crippen molar-refractivity contribution >= 4 is 28.3 Å². The maximum absolute atomic E-state index is 13.4. The van der Waals surface area contributed by atoms with E-state index in [0.29, 0.717) is 11.5 Å². The second-order valence-corrected chi connectivity index (χ2v) is 12.3. The van der Waals surface area contributed by atoms with Crippen LogP contribution in [0.2, 0.25) is 0 Å². The Morgan fingerprint density at radius 3 is 2.26 bits per heavy atom. The van der Waals surface area contributed by atoms with Crippen LogP contribution in [-0.2, 0) is 16.7 Å². The average Bonchev–Trinajstić information content (AvgIpc) is 3.44. The largest absolute Gasteiger partial charge is 0.379 e. The van der Waals surface area contributed by atoms with Crippen LogP contribution in [-0.4, -0.2) is 47.0 Å². The number of urea groups is 1. The van der Waals surface area contributed by atoms with Gasteiger partial charge in [-0.25, -0.2) is 14.4 Å². The third-order valence-electron chi connectivity index (χ3n) is 8.13. The van der Waals surface area contributed by atoms with E-state index >= 15 is 0 Å². The highest BCUT2D eigenvalue weighted by Gasteiger charge is 2.28. The van der Waals surface area contributed by atoms with Gasteiger partial charge in [0, 0.05) is 36.5 Å². The zero-order valence-electron chi connectivity index (χ0n) is 25.4. The molecule has 0 bridgehead atoms. The van der Waals surface area contributed by atoms with E-state index < -0.39 is 6.03 Å². The number of anilines is 2. The number of aryl methyl sites for hydroxylation is 1. The second-order valence-electron chi connectivity index (χ2n) is 12.3. The molecule has 0 saturated carbocycles. The van der Waals surface area contributed by atoms with Gasteiger partial charge in [-0.2, -0.15) is 5.10 Å². The van der Waals surface area contributed by atoms with E-state index in [-0.39, 0.29) is 5.41 Å². The molecule has 0 radical (unpaired) electrons.